The van der Waals surface area contributed by atoms with Crippen molar-refractivity contribution in [2.75, 3.05) is 0 Å². The second-order valence-electron chi connectivity index (χ2n) is 4.27. The fourth-order valence-corrected chi connectivity index (χ4v) is 1.21. The second-order valence-corrected chi connectivity index (χ2v) is 4.27. The Kier molecular flexibility index (Phi) is 2.63. The van der Waals surface area contributed by atoms with Crippen molar-refractivity contribution in [3.63, 3.8) is 0 Å². The zero-order valence-electron chi connectivity index (χ0n) is 8.13. The normalized spacial score (nSPS) is 25.8. The van der Waals surface area contributed by atoms with E-state index in [1.807, 2.05) is 0 Å². The van der Waals surface area contributed by atoms with E-state index < -0.39 is 6.04 Å². The number of rotatable bonds is 3. The second kappa shape index (κ2) is 3.39. The van der Waals surface area contributed by atoms with Crippen LogP contribution in [0.25, 0.3) is 0 Å². The fourth-order valence-electron chi connectivity index (χ4n) is 1.21. The van der Waals surface area contributed by atoms with Crippen LogP contribution in [0.5, 0.6) is 0 Å². The van der Waals surface area contributed by atoms with Crippen LogP contribution in [0.4, 0.5) is 0 Å². The lowest BCUT2D eigenvalue weighted by atomic mass is 10.1. The molecule has 0 aromatic rings. The Morgan fingerprint density at radius 1 is 1.85 bits per heavy atom. The number of hydrogen-bond acceptors (Lipinski definition) is 2. The summed E-state index contributed by atoms with van der Waals surface area (Å²) in [6.45, 7) is 4.23. The number of carbonyl (C=O) groups excluding carboxylic acids is 1. The van der Waals surface area contributed by atoms with Crippen molar-refractivity contribution < 1.29 is 4.79 Å². The van der Waals surface area contributed by atoms with Crippen LogP contribution in [0.2, 0.25) is 0 Å². The van der Waals surface area contributed by atoms with E-state index in [4.69, 9.17) is 12.2 Å². The highest BCUT2D eigenvalue weighted by Crippen LogP contribution is 2.44. The van der Waals surface area contributed by atoms with Crippen LogP contribution in [-0.2, 0) is 4.79 Å². The lowest BCUT2D eigenvalue weighted by Gasteiger charge is -2.10. The maximum Gasteiger partial charge on any atom is 0.238 e. The summed E-state index contributed by atoms with van der Waals surface area (Å²) in [4.78, 5) is 11.3. The zero-order valence-corrected chi connectivity index (χ0v) is 8.13. The van der Waals surface area contributed by atoms with E-state index in [9.17, 15) is 4.79 Å². The number of terminal acetylenes is 1. The number of hydrogen-bond donors (Lipinski definition) is 2. The third-order valence-corrected chi connectivity index (χ3v) is 2.50. The topological polar surface area (TPSA) is 55.1 Å². The van der Waals surface area contributed by atoms with Gasteiger partial charge >= 0.3 is 0 Å². The van der Waals surface area contributed by atoms with Crippen LogP contribution in [0.1, 0.15) is 26.7 Å². The number of nitrogens with one attached hydrogen (secondary N) is 1. The Bertz CT molecular complexity index is 252. The smallest absolute Gasteiger partial charge is 0.238 e. The molecule has 1 aliphatic rings. The lowest BCUT2D eigenvalue weighted by Crippen LogP contribution is -2.42. The van der Waals surface area contributed by atoms with Gasteiger partial charge in [0.05, 0.1) is 6.04 Å². The summed E-state index contributed by atoms with van der Waals surface area (Å²) in [6.07, 6.45) is 6.39. The average molecular weight is 180 g/mol. The van der Waals surface area contributed by atoms with E-state index >= 15 is 0 Å². The minimum atomic E-state index is -0.554. The van der Waals surface area contributed by atoms with Crippen LogP contribution in [0, 0.1) is 17.8 Å². The van der Waals surface area contributed by atoms with Gasteiger partial charge in [0.15, 0.2) is 0 Å². The van der Waals surface area contributed by atoms with Gasteiger partial charge in [0, 0.05) is 12.5 Å². The molecule has 0 heterocycles. The molecule has 1 rings (SSSR count). The summed E-state index contributed by atoms with van der Waals surface area (Å²) in [5.74, 6) is 2.25. The van der Waals surface area contributed by atoms with Gasteiger partial charge in [-0.25, -0.2) is 0 Å². The predicted octanol–water partition coefficient (Wildman–Crippen LogP) is 0.252. The van der Waals surface area contributed by atoms with Gasteiger partial charge in [0.25, 0.3) is 0 Å². The summed E-state index contributed by atoms with van der Waals surface area (Å²) in [5.41, 5.74) is 5.78. The molecular formula is C10H16N2O. The fraction of sp³-hybridized carbons (Fsp3) is 0.700. The van der Waals surface area contributed by atoms with E-state index in [2.05, 4.69) is 25.1 Å². The molecule has 0 spiro atoms. The summed E-state index contributed by atoms with van der Waals surface area (Å²) >= 11 is 0. The van der Waals surface area contributed by atoms with Crippen molar-refractivity contribution in [1.82, 2.24) is 5.32 Å². The first kappa shape index (κ1) is 10.1. The van der Waals surface area contributed by atoms with Crippen molar-refractivity contribution in [1.29, 1.82) is 0 Å². The Morgan fingerprint density at radius 2 is 2.38 bits per heavy atom. The molecule has 0 bridgehead atoms. The molecule has 3 nitrogen and oxygen atoms in total. The minimum Gasteiger partial charge on any atom is -0.351 e. The van der Waals surface area contributed by atoms with Gasteiger partial charge in [0.1, 0.15) is 0 Å². The standard InChI is InChI=1S/C10H16N2O/c1-4-5-7(11)9(13)12-8-6-10(8,2)3/h1,7-8H,5-6,11H2,2-3H3,(H,12,13). The summed E-state index contributed by atoms with van der Waals surface area (Å²) in [5, 5.41) is 2.87. The number of nitrogens with two attached hydrogens (primary N) is 1. The third kappa shape index (κ3) is 2.46. The van der Waals surface area contributed by atoms with Crippen molar-refractivity contribution in [3.05, 3.63) is 0 Å². The van der Waals surface area contributed by atoms with Gasteiger partial charge in [-0.1, -0.05) is 13.8 Å². The van der Waals surface area contributed by atoms with Crippen molar-refractivity contribution >= 4 is 5.91 Å². The van der Waals surface area contributed by atoms with Gasteiger partial charge in [0.2, 0.25) is 5.91 Å². The van der Waals surface area contributed by atoms with E-state index in [0.29, 0.717) is 6.42 Å². The summed E-state index contributed by atoms with van der Waals surface area (Å²) in [7, 11) is 0. The van der Waals surface area contributed by atoms with Crippen LogP contribution >= 0.6 is 0 Å². The molecule has 0 radical (unpaired) electrons. The molecule has 0 aliphatic heterocycles. The highest BCUT2D eigenvalue weighted by atomic mass is 16.2. The number of amides is 1. The van der Waals surface area contributed by atoms with Gasteiger partial charge in [-0.3, -0.25) is 4.79 Å². The highest BCUT2D eigenvalue weighted by molar-refractivity contribution is 5.82. The lowest BCUT2D eigenvalue weighted by molar-refractivity contribution is -0.122. The van der Waals surface area contributed by atoms with Gasteiger partial charge in [-0.2, -0.15) is 0 Å². The molecule has 72 valence electrons. The molecule has 2 atom stereocenters. The molecular weight excluding hydrogens is 164 g/mol. The zero-order chi connectivity index (χ0) is 10.1. The SMILES string of the molecule is C#CCC(N)C(=O)NC1CC1(C)C. The monoisotopic (exact) mass is 180 g/mol. The largest absolute Gasteiger partial charge is 0.351 e. The van der Waals surface area contributed by atoms with Crippen LogP contribution < -0.4 is 11.1 Å². The molecule has 1 saturated carbocycles. The maximum absolute atomic E-state index is 11.3. The van der Waals surface area contributed by atoms with Crippen molar-refractivity contribution in [3.8, 4) is 12.3 Å². The molecule has 2 unspecified atom stereocenters. The van der Waals surface area contributed by atoms with Gasteiger partial charge in [-0.05, 0) is 11.8 Å². The highest BCUT2D eigenvalue weighted by Gasteiger charge is 2.46. The first-order valence-electron chi connectivity index (χ1n) is 4.47. The molecule has 1 fully saturated rings. The van der Waals surface area contributed by atoms with Gasteiger partial charge < -0.3 is 11.1 Å². The quantitative estimate of drug-likeness (QED) is 0.612. The van der Waals surface area contributed by atoms with Crippen molar-refractivity contribution in [2.24, 2.45) is 11.1 Å². The number of carbonyl (C=O) groups is 1. The molecule has 1 aliphatic carbocycles. The molecule has 3 heteroatoms. The van der Waals surface area contributed by atoms with Crippen LogP contribution in [0.15, 0.2) is 0 Å². The van der Waals surface area contributed by atoms with E-state index in [1.54, 1.807) is 0 Å². The molecule has 3 N–H and O–H groups in total. The third-order valence-electron chi connectivity index (χ3n) is 2.50. The minimum absolute atomic E-state index is 0.131. The molecule has 1 amide bonds. The molecule has 0 aromatic carbocycles. The first-order valence-corrected chi connectivity index (χ1v) is 4.47. The molecule has 13 heavy (non-hydrogen) atoms. The van der Waals surface area contributed by atoms with Gasteiger partial charge in [-0.15, -0.1) is 12.3 Å². The first-order chi connectivity index (χ1) is 5.97. The Labute approximate surface area is 79.1 Å². The van der Waals surface area contributed by atoms with E-state index in [0.717, 1.165) is 6.42 Å². The Balaban J connectivity index is 2.31. The Morgan fingerprint density at radius 3 is 2.77 bits per heavy atom. The van der Waals surface area contributed by atoms with Crippen LogP contribution in [-0.4, -0.2) is 18.0 Å². The summed E-state index contributed by atoms with van der Waals surface area (Å²) < 4.78 is 0. The average Bonchev–Trinajstić information content (AvgIpc) is 2.59. The van der Waals surface area contributed by atoms with E-state index in [-0.39, 0.29) is 17.4 Å². The predicted molar refractivity (Wildman–Crippen MR) is 51.8 cm³/mol. The Hall–Kier alpha value is -1.01. The summed E-state index contributed by atoms with van der Waals surface area (Å²) in [6, 6.07) is -0.273. The van der Waals surface area contributed by atoms with E-state index in [1.165, 1.54) is 0 Å². The maximum atomic E-state index is 11.3. The molecule has 0 saturated heterocycles. The van der Waals surface area contributed by atoms with Crippen molar-refractivity contribution in [2.45, 2.75) is 38.8 Å². The van der Waals surface area contributed by atoms with Crippen LogP contribution in [0.3, 0.4) is 0 Å². The molecule has 0 aromatic heterocycles.